The highest BCUT2D eigenvalue weighted by atomic mass is 19.4. The van der Waals surface area contributed by atoms with E-state index in [-0.39, 0.29) is 16.5 Å². The number of carbonyl (C=O) groups is 1. The largest absolute Gasteiger partial charge is 0.497 e. The van der Waals surface area contributed by atoms with Crippen molar-refractivity contribution >= 4 is 11.6 Å². The minimum atomic E-state index is -5.12. The lowest BCUT2D eigenvalue weighted by atomic mass is 10.0. The predicted octanol–water partition coefficient (Wildman–Crippen LogP) is 3.10. The van der Waals surface area contributed by atoms with E-state index >= 15 is 0 Å². The molecular weight excluding hydrogens is 353 g/mol. The Bertz CT molecular complexity index is 875. The first-order chi connectivity index (χ1) is 12.2. The van der Waals surface area contributed by atoms with Gasteiger partial charge in [-0.05, 0) is 31.2 Å². The molecule has 0 spiro atoms. The third-order valence-corrected chi connectivity index (χ3v) is 3.99. The first-order valence-electron chi connectivity index (χ1n) is 7.58. The summed E-state index contributed by atoms with van der Waals surface area (Å²) in [5, 5.41) is 14.1. The zero-order valence-corrected chi connectivity index (χ0v) is 13.9. The van der Waals surface area contributed by atoms with Crippen LogP contribution in [0.1, 0.15) is 28.3 Å². The van der Waals surface area contributed by atoms with Crippen LogP contribution in [0, 0.1) is 6.92 Å². The normalized spacial score (nSPS) is 20.2. The van der Waals surface area contributed by atoms with Gasteiger partial charge in [-0.15, -0.1) is 0 Å². The molecule has 2 heterocycles. The molecule has 1 aromatic carbocycles. The summed E-state index contributed by atoms with van der Waals surface area (Å²) in [4.78, 5) is 12.5. The van der Waals surface area contributed by atoms with Crippen molar-refractivity contribution in [2.45, 2.75) is 25.2 Å². The molecule has 0 radical (unpaired) electrons. The Morgan fingerprint density at radius 1 is 1.35 bits per heavy atom. The molecule has 1 aliphatic rings. The molecule has 0 unspecified atom stereocenters. The number of aliphatic hydroxyl groups is 1. The van der Waals surface area contributed by atoms with E-state index in [1.807, 2.05) is 0 Å². The van der Waals surface area contributed by atoms with Crippen molar-refractivity contribution in [2.24, 2.45) is 5.10 Å². The third-order valence-electron chi connectivity index (χ3n) is 3.99. The van der Waals surface area contributed by atoms with E-state index in [4.69, 9.17) is 9.15 Å². The number of methoxy groups -OCH3 is 1. The lowest BCUT2D eigenvalue weighted by molar-refractivity contribution is -0.297. The molecule has 138 valence electrons. The van der Waals surface area contributed by atoms with Crippen molar-refractivity contribution in [1.82, 2.24) is 5.01 Å². The molecule has 2 aromatic rings. The van der Waals surface area contributed by atoms with Gasteiger partial charge >= 0.3 is 12.1 Å². The molecule has 3 rings (SSSR count). The quantitative estimate of drug-likeness (QED) is 0.903. The van der Waals surface area contributed by atoms with Crippen LogP contribution >= 0.6 is 0 Å². The zero-order valence-electron chi connectivity index (χ0n) is 13.9. The number of amides is 1. The average molecular weight is 368 g/mol. The van der Waals surface area contributed by atoms with Crippen LogP contribution in [0.15, 0.2) is 45.9 Å². The summed E-state index contributed by atoms with van der Waals surface area (Å²) in [6.45, 7) is 1.54. The number of carbonyl (C=O) groups excluding carboxylic acids is 1. The number of alkyl halides is 3. The fourth-order valence-corrected chi connectivity index (χ4v) is 2.60. The molecule has 1 atom stereocenters. The summed E-state index contributed by atoms with van der Waals surface area (Å²) >= 11 is 0. The Balaban J connectivity index is 2.04. The van der Waals surface area contributed by atoms with Crippen LogP contribution in [0.2, 0.25) is 0 Å². The van der Waals surface area contributed by atoms with Crippen LogP contribution < -0.4 is 4.74 Å². The summed E-state index contributed by atoms with van der Waals surface area (Å²) in [6.07, 6.45) is -6.02. The number of furan rings is 1. The van der Waals surface area contributed by atoms with Gasteiger partial charge in [-0.1, -0.05) is 12.1 Å². The van der Waals surface area contributed by atoms with Gasteiger partial charge in [0, 0.05) is 5.56 Å². The number of hydrogen-bond donors (Lipinski definition) is 1. The van der Waals surface area contributed by atoms with Gasteiger partial charge in [-0.25, -0.2) is 0 Å². The Morgan fingerprint density at radius 3 is 2.65 bits per heavy atom. The summed E-state index contributed by atoms with van der Waals surface area (Å²) in [5.74, 6) is -0.774. The summed E-state index contributed by atoms with van der Waals surface area (Å²) in [5.41, 5.74) is -3.26. The number of hydrazone groups is 1. The second kappa shape index (κ2) is 6.17. The predicted molar refractivity (Wildman–Crippen MR) is 84.8 cm³/mol. The molecule has 1 N–H and O–H groups in total. The lowest BCUT2D eigenvalue weighted by Crippen LogP contribution is -2.56. The maximum atomic E-state index is 13.5. The minimum absolute atomic E-state index is 0.0279. The number of hydrogen-bond acceptors (Lipinski definition) is 5. The highest BCUT2D eigenvalue weighted by Crippen LogP contribution is 2.42. The number of aryl methyl sites for hydroxylation is 1. The second-order valence-electron chi connectivity index (χ2n) is 5.80. The molecule has 0 aliphatic carbocycles. The van der Waals surface area contributed by atoms with Crippen LogP contribution in [-0.2, 0) is 0 Å². The topological polar surface area (TPSA) is 75.3 Å². The highest BCUT2D eigenvalue weighted by molar-refractivity contribution is 6.05. The van der Waals surface area contributed by atoms with Gasteiger partial charge in [-0.3, -0.25) is 4.79 Å². The molecule has 1 aromatic heterocycles. The van der Waals surface area contributed by atoms with E-state index in [2.05, 4.69) is 5.10 Å². The number of ether oxygens (including phenoxy) is 1. The first kappa shape index (κ1) is 18.0. The number of benzene rings is 1. The third kappa shape index (κ3) is 2.94. The molecule has 1 aliphatic heterocycles. The molecule has 26 heavy (non-hydrogen) atoms. The van der Waals surface area contributed by atoms with E-state index < -0.39 is 24.2 Å². The van der Waals surface area contributed by atoms with E-state index in [9.17, 15) is 23.1 Å². The standard InChI is InChI=1S/C17H15F3N2O4/c1-10-6-7-14(26-10)15(23)22-16(24,17(18,19)20)9-13(21-22)11-4-3-5-12(8-11)25-2/h3-8,24H,9H2,1-2H3/t16-/m1/s1. The SMILES string of the molecule is COc1cccc(C2=NN(C(=O)c3ccc(C)o3)[C@](O)(C(F)(F)F)C2)c1. The van der Waals surface area contributed by atoms with Crippen LogP contribution in [0.25, 0.3) is 0 Å². The van der Waals surface area contributed by atoms with Crippen molar-refractivity contribution in [3.63, 3.8) is 0 Å². The second-order valence-corrected chi connectivity index (χ2v) is 5.80. The molecule has 6 nitrogen and oxygen atoms in total. The number of rotatable bonds is 3. The minimum Gasteiger partial charge on any atom is -0.497 e. The van der Waals surface area contributed by atoms with Crippen LogP contribution in [-0.4, -0.2) is 40.7 Å². The average Bonchev–Trinajstić information content (AvgIpc) is 3.18. The maximum absolute atomic E-state index is 13.5. The zero-order chi connectivity index (χ0) is 19.1. The number of nitrogens with zero attached hydrogens (tertiary/aromatic N) is 2. The van der Waals surface area contributed by atoms with Crippen LogP contribution in [0.4, 0.5) is 13.2 Å². The van der Waals surface area contributed by atoms with Crippen molar-refractivity contribution < 1.29 is 32.2 Å². The van der Waals surface area contributed by atoms with Crippen LogP contribution in [0.5, 0.6) is 5.75 Å². The monoisotopic (exact) mass is 368 g/mol. The summed E-state index contributed by atoms with van der Waals surface area (Å²) in [6, 6.07) is 8.84. The van der Waals surface area contributed by atoms with Gasteiger partial charge in [0.05, 0.1) is 19.2 Å². The Labute approximate surface area is 146 Å². The van der Waals surface area contributed by atoms with Crippen LogP contribution in [0.3, 0.4) is 0 Å². The summed E-state index contributed by atoms with van der Waals surface area (Å²) in [7, 11) is 1.41. The Morgan fingerprint density at radius 2 is 2.08 bits per heavy atom. The Kier molecular flexibility index (Phi) is 4.27. The van der Waals surface area contributed by atoms with Gasteiger partial charge in [0.25, 0.3) is 5.72 Å². The molecule has 0 fully saturated rings. The van der Waals surface area contributed by atoms with Gasteiger partial charge in [0.1, 0.15) is 11.5 Å². The van der Waals surface area contributed by atoms with Gasteiger partial charge in [0.15, 0.2) is 5.76 Å². The number of halogens is 3. The fraction of sp³-hybridized carbons (Fsp3) is 0.294. The fourth-order valence-electron chi connectivity index (χ4n) is 2.60. The molecule has 0 saturated carbocycles. The van der Waals surface area contributed by atoms with E-state index in [1.165, 1.54) is 31.4 Å². The summed E-state index contributed by atoms with van der Waals surface area (Å²) < 4.78 is 50.7. The highest BCUT2D eigenvalue weighted by Gasteiger charge is 2.63. The lowest BCUT2D eigenvalue weighted by Gasteiger charge is -2.32. The molecule has 1 amide bonds. The van der Waals surface area contributed by atoms with Gasteiger partial charge in [-0.2, -0.15) is 23.3 Å². The van der Waals surface area contributed by atoms with Crippen molar-refractivity contribution in [3.05, 3.63) is 53.5 Å². The molecular formula is C17H15F3N2O4. The van der Waals surface area contributed by atoms with Gasteiger partial charge in [0.2, 0.25) is 0 Å². The smallest absolute Gasteiger partial charge is 0.438 e. The van der Waals surface area contributed by atoms with E-state index in [0.29, 0.717) is 17.1 Å². The molecule has 9 heteroatoms. The Hall–Kier alpha value is -2.81. The molecule has 0 saturated heterocycles. The molecule has 0 bridgehead atoms. The van der Waals surface area contributed by atoms with Gasteiger partial charge < -0.3 is 14.3 Å². The van der Waals surface area contributed by atoms with Crippen molar-refractivity contribution in [1.29, 1.82) is 0 Å². The van der Waals surface area contributed by atoms with Crippen molar-refractivity contribution in [3.8, 4) is 5.75 Å². The van der Waals surface area contributed by atoms with E-state index in [0.717, 1.165) is 0 Å². The first-order valence-corrected chi connectivity index (χ1v) is 7.58. The van der Waals surface area contributed by atoms with Crippen molar-refractivity contribution in [2.75, 3.05) is 7.11 Å². The van der Waals surface area contributed by atoms with E-state index in [1.54, 1.807) is 19.1 Å². The maximum Gasteiger partial charge on any atom is 0.438 e.